The van der Waals surface area contributed by atoms with Gasteiger partial charge in [-0.15, -0.1) is 5.10 Å². The topological polar surface area (TPSA) is 63.0 Å². The number of halogens is 1. The van der Waals surface area contributed by atoms with Crippen LogP contribution in [0, 0.1) is 6.92 Å². The van der Waals surface area contributed by atoms with E-state index in [0.717, 1.165) is 16.9 Å². The molecule has 1 heterocycles. The summed E-state index contributed by atoms with van der Waals surface area (Å²) in [5.74, 6) is 0. The van der Waals surface area contributed by atoms with Gasteiger partial charge in [-0.3, -0.25) is 0 Å². The minimum Gasteiger partial charge on any atom is -0.394 e. The van der Waals surface area contributed by atoms with Crippen molar-refractivity contribution in [3.63, 3.8) is 0 Å². The van der Waals surface area contributed by atoms with Gasteiger partial charge in [-0.05, 0) is 18.6 Å². The molecular formula is C12H15ClN4O. The summed E-state index contributed by atoms with van der Waals surface area (Å²) in [5, 5.41) is 20.6. The number of nitrogens with one attached hydrogen (secondary N) is 1. The Labute approximate surface area is 110 Å². The summed E-state index contributed by atoms with van der Waals surface area (Å²) in [7, 11) is 0. The van der Waals surface area contributed by atoms with Crippen LogP contribution in [0.5, 0.6) is 0 Å². The molecule has 0 aliphatic rings. The Kier molecular flexibility index (Phi) is 4.17. The zero-order valence-corrected chi connectivity index (χ0v) is 10.9. The van der Waals surface area contributed by atoms with Crippen LogP contribution in [0.1, 0.15) is 11.3 Å². The number of aliphatic hydroxyl groups is 1. The van der Waals surface area contributed by atoms with E-state index in [1.807, 2.05) is 25.1 Å². The molecule has 2 rings (SSSR count). The second-order valence-electron chi connectivity index (χ2n) is 3.98. The molecule has 0 aliphatic heterocycles. The number of rotatable bonds is 5. The van der Waals surface area contributed by atoms with Crippen molar-refractivity contribution < 1.29 is 5.11 Å². The fourth-order valence-electron chi connectivity index (χ4n) is 1.67. The summed E-state index contributed by atoms with van der Waals surface area (Å²) < 4.78 is 1.61. The Morgan fingerprint density at radius 2 is 2.28 bits per heavy atom. The molecule has 2 aromatic rings. The average molecular weight is 267 g/mol. The van der Waals surface area contributed by atoms with E-state index in [2.05, 4.69) is 15.6 Å². The minimum absolute atomic E-state index is 0.0554. The number of hydrogen-bond acceptors (Lipinski definition) is 4. The molecule has 0 atom stereocenters. The van der Waals surface area contributed by atoms with Crippen molar-refractivity contribution in [2.75, 3.05) is 11.9 Å². The minimum atomic E-state index is 0.0554. The first-order valence-corrected chi connectivity index (χ1v) is 6.07. The Morgan fingerprint density at radius 1 is 1.44 bits per heavy atom. The number of aliphatic hydroxyl groups excluding tert-OH is 1. The van der Waals surface area contributed by atoms with Crippen LogP contribution in [0.2, 0.25) is 5.02 Å². The lowest BCUT2D eigenvalue weighted by molar-refractivity contribution is 0.268. The quantitative estimate of drug-likeness (QED) is 0.867. The van der Waals surface area contributed by atoms with Gasteiger partial charge in [0.2, 0.25) is 0 Å². The molecule has 6 heteroatoms. The Balaban J connectivity index is 2.02. The summed E-state index contributed by atoms with van der Waals surface area (Å²) in [6.07, 6.45) is 1.80. The van der Waals surface area contributed by atoms with Crippen LogP contribution in [0.4, 0.5) is 5.69 Å². The van der Waals surface area contributed by atoms with Gasteiger partial charge in [0.25, 0.3) is 0 Å². The summed E-state index contributed by atoms with van der Waals surface area (Å²) in [4.78, 5) is 0. The molecule has 0 spiro atoms. The van der Waals surface area contributed by atoms with Gasteiger partial charge in [0.05, 0.1) is 36.6 Å². The molecule has 0 fully saturated rings. The number of para-hydroxylation sites is 1. The largest absolute Gasteiger partial charge is 0.394 e. The summed E-state index contributed by atoms with van der Waals surface area (Å²) in [5.41, 5.74) is 2.81. The van der Waals surface area contributed by atoms with Crippen LogP contribution in [0.25, 0.3) is 0 Å². The third-order valence-electron chi connectivity index (χ3n) is 2.58. The predicted molar refractivity (Wildman–Crippen MR) is 70.6 cm³/mol. The van der Waals surface area contributed by atoms with Crippen molar-refractivity contribution in [1.82, 2.24) is 15.0 Å². The SMILES string of the molecule is Cc1cccc(Cl)c1NCc1cn(CCO)nn1. The van der Waals surface area contributed by atoms with E-state index in [0.29, 0.717) is 18.1 Å². The highest BCUT2D eigenvalue weighted by Crippen LogP contribution is 2.25. The van der Waals surface area contributed by atoms with E-state index in [1.165, 1.54) is 0 Å². The molecule has 96 valence electrons. The maximum absolute atomic E-state index is 8.79. The number of aromatic nitrogens is 3. The molecule has 0 saturated carbocycles. The molecule has 1 aromatic carbocycles. The maximum Gasteiger partial charge on any atom is 0.102 e. The van der Waals surface area contributed by atoms with Gasteiger partial charge in [0.15, 0.2) is 0 Å². The first-order valence-electron chi connectivity index (χ1n) is 5.69. The third-order valence-corrected chi connectivity index (χ3v) is 2.90. The fourth-order valence-corrected chi connectivity index (χ4v) is 1.95. The second kappa shape index (κ2) is 5.84. The van der Waals surface area contributed by atoms with Crippen molar-refractivity contribution in [2.24, 2.45) is 0 Å². The van der Waals surface area contributed by atoms with Crippen LogP contribution in [0.15, 0.2) is 24.4 Å². The Hall–Kier alpha value is -1.59. The number of anilines is 1. The molecule has 0 unspecified atom stereocenters. The lowest BCUT2D eigenvalue weighted by Crippen LogP contribution is -2.03. The zero-order valence-electron chi connectivity index (χ0n) is 10.1. The second-order valence-corrected chi connectivity index (χ2v) is 4.39. The molecule has 0 saturated heterocycles. The molecule has 5 nitrogen and oxygen atoms in total. The highest BCUT2D eigenvalue weighted by Gasteiger charge is 2.05. The lowest BCUT2D eigenvalue weighted by Gasteiger charge is -2.09. The first kappa shape index (κ1) is 12.9. The summed E-state index contributed by atoms with van der Waals surface area (Å²) >= 11 is 6.11. The van der Waals surface area contributed by atoms with E-state index in [-0.39, 0.29) is 6.61 Å². The molecule has 0 radical (unpaired) electrons. The Bertz CT molecular complexity index is 506. The summed E-state index contributed by atoms with van der Waals surface area (Å²) in [6, 6.07) is 5.76. The third kappa shape index (κ3) is 3.00. The molecule has 0 bridgehead atoms. The molecule has 1 aromatic heterocycles. The van der Waals surface area contributed by atoms with Gasteiger partial charge in [0, 0.05) is 0 Å². The van der Waals surface area contributed by atoms with Crippen LogP contribution in [-0.2, 0) is 13.1 Å². The van der Waals surface area contributed by atoms with Crippen LogP contribution < -0.4 is 5.32 Å². The van der Waals surface area contributed by atoms with Crippen molar-refractivity contribution in [3.05, 3.63) is 40.7 Å². The van der Waals surface area contributed by atoms with Crippen molar-refractivity contribution in [2.45, 2.75) is 20.0 Å². The standard InChI is InChI=1S/C12H15ClN4O/c1-9-3-2-4-11(13)12(9)14-7-10-8-17(5-6-18)16-15-10/h2-4,8,14,18H,5-7H2,1H3. The lowest BCUT2D eigenvalue weighted by atomic mass is 10.2. The maximum atomic E-state index is 8.79. The predicted octanol–water partition coefficient (Wildman–Crippen LogP) is 1.84. The summed E-state index contributed by atoms with van der Waals surface area (Å²) in [6.45, 7) is 3.06. The van der Waals surface area contributed by atoms with E-state index in [4.69, 9.17) is 16.7 Å². The molecule has 0 amide bonds. The number of nitrogens with zero attached hydrogens (tertiary/aromatic N) is 3. The number of hydrogen-bond donors (Lipinski definition) is 2. The van der Waals surface area contributed by atoms with Gasteiger partial charge < -0.3 is 10.4 Å². The molecule has 0 aliphatic carbocycles. The first-order chi connectivity index (χ1) is 8.70. The van der Waals surface area contributed by atoms with Crippen LogP contribution in [0.3, 0.4) is 0 Å². The van der Waals surface area contributed by atoms with E-state index >= 15 is 0 Å². The van der Waals surface area contributed by atoms with E-state index < -0.39 is 0 Å². The average Bonchev–Trinajstić information content (AvgIpc) is 2.77. The highest BCUT2D eigenvalue weighted by molar-refractivity contribution is 6.33. The van der Waals surface area contributed by atoms with Gasteiger partial charge in [-0.1, -0.05) is 28.9 Å². The number of benzene rings is 1. The van der Waals surface area contributed by atoms with Gasteiger partial charge in [-0.2, -0.15) is 0 Å². The fraction of sp³-hybridized carbons (Fsp3) is 0.333. The normalized spacial score (nSPS) is 10.6. The van der Waals surface area contributed by atoms with Gasteiger partial charge in [0.1, 0.15) is 5.69 Å². The van der Waals surface area contributed by atoms with Crippen molar-refractivity contribution >= 4 is 17.3 Å². The molecular weight excluding hydrogens is 252 g/mol. The highest BCUT2D eigenvalue weighted by atomic mass is 35.5. The zero-order chi connectivity index (χ0) is 13.0. The Morgan fingerprint density at radius 3 is 3.00 bits per heavy atom. The van der Waals surface area contributed by atoms with Crippen LogP contribution >= 0.6 is 11.6 Å². The van der Waals surface area contributed by atoms with Gasteiger partial charge >= 0.3 is 0 Å². The van der Waals surface area contributed by atoms with E-state index in [1.54, 1.807) is 10.9 Å². The van der Waals surface area contributed by atoms with Crippen molar-refractivity contribution in [3.8, 4) is 0 Å². The molecule has 18 heavy (non-hydrogen) atoms. The molecule has 2 N–H and O–H groups in total. The number of aryl methyl sites for hydroxylation is 1. The van der Waals surface area contributed by atoms with E-state index in [9.17, 15) is 0 Å². The van der Waals surface area contributed by atoms with Crippen molar-refractivity contribution in [1.29, 1.82) is 0 Å². The van der Waals surface area contributed by atoms with Crippen LogP contribution in [-0.4, -0.2) is 26.7 Å². The van der Waals surface area contributed by atoms with Gasteiger partial charge in [-0.25, -0.2) is 4.68 Å². The smallest absolute Gasteiger partial charge is 0.102 e. The monoisotopic (exact) mass is 266 g/mol.